The van der Waals surface area contributed by atoms with Gasteiger partial charge in [-0.1, -0.05) is 18.3 Å². The smallest absolute Gasteiger partial charge is 0.304 e. The number of aromatic amines is 1. The minimum atomic E-state index is 0.0211. The number of hydrogen-bond acceptors (Lipinski definition) is 4. The third-order valence-corrected chi connectivity index (χ3v) is 2.91. The van der Waals surface area contributed by atoms with Gasteiger partial charge in [-0.05, 0) is 26.4 Å². The number of thiazole rings is 1. The Morgan fingerprint density at radius 1 is 1.60 bits per heavy atom. The Morgan fingerprint density at radius 3 is 3.00 bits per heavy atom. The van der Waals surface area contributed by atoms with E-state index in [0.717, 1.165) is 31.7 Å². The summed E-state index contributed by atoms with van der Waals surface area (Å²) in [5, 5.41) is 8.52. The maximum atomic E-state index is 10.8. The predicted molar refractivity (Wildman–Crippen MR) is 64.4 cm³/mol. The van der Waals surface area contributed by atoms with E-state index >= 15 is 0 Å². The van der Waals surface area contributed by atoms with Crippen LogP contribution in [-0.4, -0.2) is 24.1 Å². The van der Waals surface area contributed by atoms with Crippen LogP contribution in [0.4, 0.5) is 0 Å². The fourth-order valence-electron chi connectivity index (χ4n) is 1.39. The van der Waals surface area contributed by atoms with Crippen LogP contribution in [0.3, 0.4) is 0 Å². The lowest BCUT2D eigenvalue weighted by molar-refractivity contribution is 0.503. The number of hydrogen-bond donors (Lipinski definition) is 3. The van der Waals surface area contributed by atoms with E-state index in [2.05, 4.69) is 29.5 Å². The quantitative estimate of drug-likeness (QED) is 0.609. The van der Waals surface area contributed by atoms with Crippen LogP contribution in [0.5, 0.6) is 0 Å². The molecule has 0 fully saturated rings. The van der Waals surface area contributed by atoms with E-state index in [1.165, 1.54) is 11.3 Å². The monoisotopic (exact) mass is 229 g/mol. The van der Waals surface area contributed by atoms with Gasteiger partial charge in [-0.25, -0.2) is 0 Å². The van der Waals surface area contributed by atoms with Crippen molar-refractivity contribution in [3.63, 3.8) is 0 Å². The van der Waals surface area contributed by atoms with Crippen molar-refractivity contribution in [1.29, 1.82) is 0 Å². The number of H-pyrrole nitrogens is 1. The molecule has 0 amide bonds. The first kappa shape index (κ1) is 12.4. The molecule has 0 aromatic carbocycles. The lowest BCUT2D eigenvalue weighted by Crippen LogP contribution is -2.29. The molecule has 3 N–H and O–H groups in total. The highest BCUT2D eigenvalue weighted by atomic mass is 32.1. The average Bonchev–Trinajstić information content (AvgIpc) is 2.60. The van der Waals surface area contributed by atoms with Gasteiger partial charge in [-0.15, -0.1) is 0 Å². The molecule has 0 radical (unpaired) electrons. The number of nitrogens with one attached hydrogen (secondary N) is 3. The van der Waals surface area contributed by atoms with Crippen LogP contribution in [-0.2, 0) is 6.54 Å². The van der Waals surface area contributed by atoms with E-state index in [1.807, 2.05) is 5.38 Å². The summed E-state index contributed by atoms with van der Waals surface area (Å²) in [7, 11) is 0. The van der Waals surface area contributed by atoms with Crippen LogP contribution >= 0.6 is 11.3 Å². The van der Waals surface area contributed by atoms with E-state index in [4.69, 9.17) is 0 Å². The molecule has 1 aromatic heterocycles. The van der Waals surface area contributed by atoms with Crippen LogP contribution in [0.1, 0.15) is 26.0 Å². The molecule has 86 valence electrons. The second kappa shape index (κ2) is 6.76. The molecular formula is C10H19N3OS. The molecule has 1 aromatic rings. The second-order valence-electron chi connectivity index (χ2n) is 3.60. The van der Waals surface area contributed by atoms with Crippen molar-refractivity contribution in [2.75, 3.05) is 13.1 Å². The van der Waals surface area contributed by atoms with E-state index in [-0.39, 0.29) is 4.87 Å². The van der Waals surface area contributed by atoms with Gasteiger partial charge >= 0.3 is 4.87 Å². The molecule has 1 rings (SSSR count). The summed E-state index contributed by atoms with van der Waals surface area (Å²) in [6, 6.07) is 0.545. The van der Waals surface area contributed by atoms with Crippen molar-refractivity contribution >= 4 is 11.3 Å². The van der Waals surface area contributed by atoms with Crippen LogP contribution in [0, 0.1) is 0 Å². The molecule has 0 aliphatic rings. The Hall–Kier alpha value is -0.650. The van der Waals surface area contributed by atoms with Crippen LogP contribution in [0.2, 0.25) is 0 Å². The maximum Gasteiger partial charge on any atom is 0.304 e. The second-order valence-corrected chi connectivity index (χ2v) is 4.44. The number of rotatable bonds is 7. The zero-order valence-electron chi connectivity index (χ0n) is 9.30. The fourth-order valence-corrected chi connectivity index (χ4v) is 1.97. The van der Waals surface area contributed by atoms with Gasteiger partial charge in [-0.3, -0.25) is 4.79 Å². The Balaban J connectivity index is 2.09. The first-order valence-corrected chi connectivity index (χ1v) is 6.21. The molecule has 0 bridgehead atoms. The van der Waals surface area contributed by atoms with Gasteiger partial charge in [0.15, 0.2) is 0 Å². The Kier molecular flexibility index (Phi) is 5.60. The van der Waals surface area contributed by atoms with Crippen molar-refractivity contribution < 1.29 is 0 Å². The topological polar surface area (TPSA) is 56.9 Å². The fraction of sp³-hybridized carbons (Fsp3) is 0.700. The molecule has 15 heavy (non-hydrogen) atoms. The van der Waals surface area contributed by atoms with Gasteiger partial charge in [0, 0.05) is 23.7 Å². The first-order valence-electron chi connectivity index (χ1n) is 5.33. The average molecular weight is 229 g/mol. The van der Waals surface area contributed by atoms with Gasteiger partial charge in [0.1, 0.15) is 0 Å². The maximum absolute atomic E-state index is 10.8. The summed E-state index contributed by atoms with van der Waals surface area (Å²) in [6.07, 6.45) is 1.10. The Bertz CT molecular complexity index is 320. The van der Waals surface area contributed by atoms with Crippen LogP contribution in [0.15, 0.2) is 10.2 Å². The lowest BCUT2D eigenvalue weighted by Gasteiger charge is -2.11. The minimum absolute atomic E-state index is 0.0211. The van der Waals surface area contributed by atoms with Gasteiger partial charge in [-0.2, -0.15) is 0 Å². The van der Waals surface area contributed by atoms with Crippen molar-refractivity contribution in [1.82, 2.24) is 15.6 Å². The lowest BCUT2D eigenvalue weighted by atomic mass is 10.2. The third-order valence-electron chi connectivity index (χ3n) is 2.19. The van der Waals surface area contributed by atoms with Gasteiger partial charge < -0.3 is 15.6 Å². The van der Waals surface area contributed by atoms with Crippen molar-refractivity contribution in [2.24, 2.45) is 0 Å². The van der Waals surface area contributed by atoms with Gasteiger partial charge in [0.05, 0.1) is 0 Å². The molecule has 0 saturated carbocycles. The summed E-state index contributed by atoms with van der Waals surface area (Å²) in [5.74, 6) is 0. The minimum Gasteiger partial charge on any atom is -0.315 e. The molecule has 1 unspecified atom stereocenters. The molecule has 0 spiro atoms. The van der Waals surface area contributed by atoms with Gasteiger partial charge in [0.2, 0.25) is 0 Å². The van der Waals surface area contributed by atoms with Gasteiger partial charge in [0.25, 0.3) is 0 Å². The standard InChI is InChI=1S/C10H19N3OS/c1-3-12-8(2)4-5-11-6-9-7-15-10(14)13-9/h7-8,11-12H,3-6H2,1-2H3,(H,13,14). The zero-order chi connectivity index (χ0) is 11.1. The highest BCUT2D eigenvalue weighted by Gasteiger charge is 1.99. The zero-order valence-corrected chi connectivity index (χ0v) is 10.1. The van der Waals surface area contributed by atoms with Crippen LogP contribution < -0.4 is 15.5 Å². The van der Waals surface area contributed by atoms with E-state index in [9.17, 15) is 4.79 Å². The summed E-state index contributed by atoms with van der Waals surface area (Å²) < 4.78 is 0. The van der Waals surface area contributed by atoms with Crippen molar-refractivity contribution in [3.8, 4) is 0 Å². The molecule has 5 heteroatoms. The van der Waals surface area contributed by atoms with E-state index < -0.39 is 0 Å². The molecule has 1 heterocycles. The molecular weight excluding hydrogens is 210 g/mol. The SMILES string of the molecule is CCNC(C)CCNCc1csc(=O)[nH]1. The summed E-state index contributed by atoms with van der Waals surface area (Å²) in [5.41, 5.74) is 0.973. The molecule has 0 saturated heterocycles. The normalized spacial score (nSPS) is 12.9. The number of aromatic nitrogens is 1. The molecule has 0 aliphatic carbocycles. The van der Waals surface area contributed by atoms with Crippen molar-refractivity contribution in [3.05, 3.63) is 20.7 Å². The highest BCUT2D eigenvalue weighted by molar-refractivity contribution is 7.07. The predicted octanol–water partition coefficient (Wildman–Crippen LogP) is 0.914. The summed E-state index contributed by atoms with van der Waals surface area (Å²) in [6.45, 7) is 7.01. The van der Waals surface area contributed by atoms with Crippen LogP contribution in [0.25, 0.3) is 0 Å². The Labute approximate surface area is 94.1 Å². The highest BCUT2D eigenvalue weighted by Crippen LogP contribution is 1.95. The third kappa shape index (κ3) is 5.11. The summed E-state index contributed by atoms with van der Waals surface area (Å²) in [4.78, 5) is 13.6. The molecule has 4 nitrogen and oxygen atoms in total. The van der Waals surface area contributed by atoms with E-state index in [1.54, 1.807) is 0 Å². The molecule has 0 aliphatic heterocycles. The Morgan fingerprint density at radius 2 is 2.40 bits per heavy atom. The first-order chi connectivity index (χ1) is 7.22. The molecule has 1 atom stereocenters. The largest absolute Gasteiger partial charge is 0.315 e. The van der Waals surface area contributed by atoms with Crippen molar-refractivity contribution in [2.45, 2.75) is 32.9 Å². The summed E-state index contributed by atoms with van der Waals surface area (Å²) >= 11 is 1.21. The van der Waals surface area contributed by atoms with E-state index in [0.29, 0.717) is 6.04 Å².